The van der Waals surface area contributed by atoms with E-state index in [1.807, 2.05) is 29.2 Å². The van der Waals surface area contributed by atoms with Gasteiger partial charge in [-0.1, -0.05) is 26.0 Å². The molecule has 0 spiro atoms. The van der Waals surface area contributed by atoms with Crippen molar-refractivity contribution in [2.24, 2.45) is 10.9 Å². The second kappa shape index (κ2) is 8.29. The number of guanidine groups is 1. The Bertz CT molecular complexity index is 742. The predicted octanol–water partition coefficient (Wildman–Crippen LogP) is 2.31. The molecule has 0 bridgehead atoms. The largest absolute Gasteiger partial charge is 0.493 e. The molecule has 1 N–H and O–H groups in total. The van der Waals surface area contributed by atoms with E-state index in [-0.39, 0.29) is 5.75 Å². The predicted molar refractivity (Wildman–Crippen MR) is 106 cm³/mol. The summed E-state index contributed by atoms with van der Waals surface area (Å²) in [7, 11) is -1.34. The van der Waals surface area contributed by atoms with E-state index in [9.17, 15) is 8.42 Å². The van der Waals surface area contributed by atoms with Crippen molar-refractivity contribution in [3.05, 3.63) is 29.8 Å². The molecule has 1 fully saturated rings. The van der Waals surface area contributed by atoms with Gasteiger partial charge in [-0.15, -0.1) is 0 Å². The molecule has 1 heterocycles. The standard InChI is InChI=1S/C19H31N3O3S/c1-15(2)13-25-17-8-6-7-16(11-17)12-21-18(20-5)22-9-10-26(23,24)19(3,4)14-22/h6-8,11,15H,9-10,12-14H2,1-5H3,(H,20,21). The Morgan fingerprint density at radius 3 is 2.73 bits per heavy atom. The number of hydrogen-bond donors (Lipinski definition) is 1. The van der Waals surface area contributed by atoms with Crippen LogP contribution in [0.5, 0.6) is 5.75 Å². The van der Waals surface area contributed by atoms with Gasteiger partial charge in [0, 0.05) is 26.7 Å². The normalized spacial score (nSPS) is 19.5. The van der Waals surface area contributed by atoms with E-state index < -0.39 is 14.6 Å². The lowest BCUT2D eigenvalue weighted by Crippen LogP contribution is -2.57. The molecule has 1 aromatic rings. The lowest BCUT2D eigenvalue weighted by molar-refractivity contribution is 0.271. The molecule has 26 heavy (non-hydrogen) atoms. The van der Waals surface area contributed by atoms with Crippen molar-refractivity contribution in [2.75, 3.05) is 32.5 Å². The van der Waals surface area contributed by atoms with Gasteiger partial charge >= 0.3 is 0 Å². The van der Waals surface area contributed by atoms with Crippen LogP contribution in [0, 0.1) is 5.92 Å². The maximum atomic E-state index is 12.2. The van der Waals surface area contributed by atoms with Crippen LogP contribution in [0.15, 0.2) is 29.3 Å². The number of aliphatic imine (C=N–C) groups is 1. The van der Waals surface area contributed by atoms with Crippen LogP contribution in [0.2, 0.25) is 0 Å². The zero-order valence-electron chi connectivity index (χ0n) is 16.4. The van der Waals surface area contributed by atoms with Crippen LogP contribution in [0.25, 0.3) is 0 Å². The average Bonchev–Trinajstić information content (AvgIpc) is 2.57. The van der Waals surface area contributed by atoms with Gasteiger partial charge in [0.2, 0.25) is 0 Å². The second-order valence-electron chi connectivity index (χ2n) is 7.75. The van der Waals surface area contributed by atoms with Crippen LogP contribution < -0.4 is 10.1 Å². The fourth-order valence-corrected chi connectivity index (χ4v) is 4.21. The van der Waals surface area contributed by atoms with Crippen LogP contribution in [0.3, 0.4) is 0 Å². The van der Waals surface area contributed by atoms with E-state index in [1.165, 1.54) is 0 Å². The lowest BCUT2D eigenvalue weighted by Gasteiger charge is -2.39. The van der Waals surface area contributed by atoms with Gasteiger partial charge in [-0.2, -0.15) is 0 Å². The van der Waals surface area contributed by atoms with Crippen LogP contribution in [0.4, 0.5) is 0 Å². The molecule has 1 saturated heterocycles. The van der Waals surface area contributed by atoms with Crippen LogP contribution in [-0.4, -0.2) is 56.5 Å². The summed E-state index contributed by atoms with van der Waals surface area (Å²) < 4.78 is 29.4. The Balaban J connectivity index is 1.98. The van der Waals surface area contributed by atoms with Gasteiger partial charge in [0.05, 0.1) is 17.1 Å². The summed E-state index contributed by atoms with van der Waals surface area (Å²) >= 11 is 0. The maximum absolute atomic E-state index is 12.2. The molecule has 0 aliphatic carbocycles. The topological polar surface area (TPSA) is 71.0 Å². The first-order valence-corrected chi connectivity index (χ1v) is 10.7. The van der Waals surface area contributed by atoms with E-state index in [1.54, 1.807) is 20.9 Å². The van der Waals surface area contributed by atoms with Crippen LogP contribution in [0.1, 0.15) is 33.3 Å². The van der Waals surface area contributed by atoms with Gasteiger partial charge in [0.25, 0.3) is 0 Å². The van der Waals surface area contributed by atoms with Crippen molar-refractivity contribution >= 4 is 15.8 Å². The van der Waals surface area contributed by atoms with Crippen molar-refractivity contribution < 1.29 is 13.2 Å². The third-order valence-corrected chi connectivity index (χ3v) is 7.02. The number of hydrogen-bond acceptors (Lipinski definition) is 4. The Labute approximate surface area is 157 Å². The van der Waals surface area contributed by atoms with Crippen LogP contribution in [-0.2, 0) is 16.4 Å². The Morgan fingerprint density at radius 2 is 2.12 bits per heavy atom. The maximum Gasteiger partial charge on any atom is 0.193 e. The second-order valence-corrected chi connectivity index (χ2v) is 10.5. The SMILES string of the molecule is CN=C(NCc1cccc(OCC(C)C)c1)N1CCS(=O)(=O)C(C)(C)C1. The molecule has 0 radical (unpaired) electrons. The highest BCUT2D eigenvalue weighted by Gasteiger charge is 2.40. The fraction of sp³-hybridized carbons (Fsp3) is 0.632. The van der Waals surface area contributed by atoms with Crippen LogP contribution >= 0.6 is 0 Å². The molecule has 146 valence electrons. The summed E-state index contributed by atoms with van der Waals surface area (Å²) in [4.78, 5) is 6.34. The van der Waals surface area contributed by atoms with Crippen molar-refractivity contribution in [1.29, 1.82) is 0 Å². The minimum absolute atomic E-state index is 0.152. The smallest absolute Gasteiger partial charge is 0.193 e. The Hall–Kier alpha value is -1.76. The molecule has 1 aliphatic rings. The van der Waals surface area contributed by atoms with Gasteiger partial charge < -0.3 is 15.0 Å². The van der Waals surface area contributed by atoms with Crippen molar-refractivity contribution in [3.63, 3.8) is 0 Å². The molecule has 7 heteroatoms. The van der Waals surface area contributed by atoms with Gasteiger partial charge in [-0.3, -0.25) is 4.99 Å². The van der Waals surface area contributed by atoms with E-state index in [0.717, 1.165) is 17.3 Å². The molecule has 0 atom stereocenters. The first-order chi connectivity index (χ1) is 12.1. The fourth-order valence-electron chi connectivity index (χ4n) is 2.85. The summed E-state index contributed by atoms with van der Waals surface area (Å²) in [5, 5.41) is 3.34. The highest BCUT2D eigenvalue weighted by atomic mass is 32.2. The Kier molecular flexibility index (Phi) is 6.55. The first-order valence-electron chi connectivity index (χ1n) is 9.04. The average molecular weight is 382 g/mol. The summed E-state index contributed by atoms with van der Waals surface area (Å²) in [5.41, 5.74) is 1.09. The van der Waals surface area contributed by atoms with Crippen molar-refractivity contribution in [3.8, 4) is 5.75 Å². The lowest BCUT2D eigenvalue weighted by atomic mass is 10.2. The molecule has 0 amide bonds. The minimum Gasteiger partial charge on any atom is -0.493 e. The van der Waals surface area contributed by atoms with Gasteiger partial charge in [0.15, 0.2) is 15.8 Å². The number of sulfone groups is 1. The zero-order valence-corrected chi connectivity index (χ0v) is 17.3. The van der Waals surface area contributed by atoms with Gasteiger partial charge in [-0.25, -0.2) is 8.42 Å². The molecular weight excluding hydrogens is 350 g/mol. The molecule has 2 rings (SSSR count). The number of benzene rings is 1. The minimum atomic E-state index is -3.06. The van der Waals surface area contributed by atoms with E-state index >= 15 is 0 Å². The molecule has 0 aromatic heterocycles. The van der Waals surface area contributed by atoms with Gasteiger partial charge in [-0.05, 0) is 37.5 Å². The van der Waals surface area contributed by atoms with E-state index in [2.05, 4.69) is 24.2 Å². The molecule has 0 saturated carbocycles. The molecule has 1 aromatic carbocycles. The van der Waals surface area contributed by atoms with E-state index in [0.29, 0.717) is 32.2 Å². The van der Waals surface area contributed by atoms with Crippen molar-refractivity contribution in [2.45, 2.75) is 39.0 Å². The third-order valence-electron chi connectivity index (χ3n) is 4.49. The number of ether oxygens (including phenoxy) is 1. The molecule has 6 nitrogen and oxygen atoms in total. The Morgan fingerprint density at radius 1 is 1.38 bits per heavy atom. The highest BCUT2D eigenvalue weighted by Crippen LogP contribution is 2.23. The third kappa shape index (κ3) is 5.13. The number of nitrogens with one attached hydrogen (secondary N) is 1. The monoisotopic (exact) mass is 381 g/mol. The molecular formula is C19H31N3O3S. The summed E-state index contributed by atoms with van der Waals surface area (Å²) in [6, 6.07) is 7.99. The summed E-state index contributed by atoms with van der Waals surface area (Å²) in [5.74, 6) is 2.22. The molecule has 0 unspecified atom stereocenters. The zero-order chi connectivity index (χ0) is 19.4. The summed E-state index contributed by atoms with van der Waals surface area (Å²) in [6.07, 6.45) is 0. The van der Waals surface area contributed by atoms with E-state index in [4.69, 9.17) is 4.74 Å². The molecule has 1 aliphatic heterocycles. The van der Waals surface area contributed by atoms with Crippen molar-refractivity contribution in [1.82, 2.24) is 10.2 Å². The summed E-state index contributed by atoms with van der Waals surface area (Å²) in [6.45, 7) is 9.99. The van der Waals surface area contributed by atoms with Gasteiger partial charge in [0.1, 0.15) is 5.75 Å². The number of nitrogens with zero attached hydrogens (tertiary/aromatic N) is 2. The first kappa shape index (κ1) is 20.6. The number of rotatable bonds is 5. The quantitative estimate of drug-likeness (QED) is 0.626. The highest BCUT2D eigenvalue weighted by molar-refractivity contribution is 7.92.